The first-order valence-electron chi connectivity index (χ1n) is 8.47. The molecule has 1 aromatic heterocycles. The number of carbonyl (C=O) groups excluding carboxylic acids is 2. The van der Waals surface area contributed by atoms with Gasteiger partial charge in [-0.2, -0.15) is 5.10 Å². The molecule has 0 aliphatic rings. The fourth-order valence-electron chi connectivity index (χ4n) is 2.61. The van der Waals surface area contributed by atoms with Crippen molar-refractivity contribution in [3.63, 3.8) is 0 Å². The van der Waals surface area contributed by atoms with Gasteiger partial charge in [-0.25, -0.2) is 4.39 Å². The third-order valence-corrected chi connectivity index (χ3v) is 4.01. The summed E-state index contributed by atoms with van der Waals surface area (Å²) in [6, 6.07) is 15.2. The zero-order valence-electron chi connectivity index (χ0n) is 14.6. The van der Waals surface area contributed by atoms with E-state index in [-0.39, 0.29) is 18.0 Å². The Balaban J connectivity index is 1.52. The Bertz CT molecular complexity index is 925. The minimum atomic E-state index is -0.623. The zero-order chi connectivity index (χ0) is 19.1. The molecule has 0 unspecified atom stereocenters. The lowest BCUT2D eigenvalue weighted by Gasteiger charge is -2.11. The van der Waals surface area contributed by atoms with Gasteiger partial charge in [-0.05, 0) is 29.3 Å². The maximum absolute atomic E-state index is 13.6. The molecule has 0 saturated carbocycles. The number of hydrogen-bond acceptors (Lipinski definition) is 3. The molecular formula is C20H19FN4O2. The summed E-state index contributed by atoms with van der Waals surface area (Å²) in [5.74, 6) is -1.60. The molecular weight excluding hydrogens is 347 g/mol. The van der Waals surface area contributed by atoms with Gasteiger partial charge in [-0.1, -0.05) is 36.4 Å². The van der Waals surface area contributed by atoms with E-state index in [0.717, 1.165) is 11.1 Å². The number of nitrogens with zero attached hydrogens (tertiary/aromatic N) is 2. The summed E-state index contributed by atoms with van der Waals surface area (Å²) in [4.78, 5) is 24.0. The smallest absolute Gasteiger partial charge is 0.254 e. The van der Waals surface area contributed by atoms with E-state index in [0.29, 0.717) is 13.1 Å². The molecule has 0 fully saturated rings. The van der Waals surface area contributed by atoms with Crippen LogP contribution in [0, 0.1) is 5.82 Å². The summed E-state index contributed by atoms with van der Waals surface area (Å²) >= 11 is 0. The van der Waals surface area contributed by atoms with Crippen molar-refractivity contribution in [2.75, 3.05) is 6.54 Å². The molecule has 7 heteroatoms. The van der Waals surface area contributed by atoms with Crippen molar-refractivity contribution in [3.8, 4) is 0 Å². The van der Waals surface area contributed by atoms with Crippen LogP contribution in [0.15, 0.2) is 67.0 Å². The summed E-state index contributed by atoms with van der Waals surface area (Å²) in [7, 11) is 0. The molecule has 2 aromatic carbocycles. The Morgan fingerprint density at radius 1 is 0.963 bits per heavy atom. The molecule has 0 aliphatic carbocycles. The standard InChI is InChI=1S/C20H19FN4O2/c21-18-9-4-3-8-17(18)20(27)23-13-19(26)22-12-15-6-1-2-7-16(15)14-25-11-5-10-24-25/h1-11H,12-14H2,(H,22,26)(H,23,27). The molecule has 0 bridgehead atoms. The Morgan fingerprint density at radius 3 is 2.44 bits per heavy atom. The molecule has 0 spiro atoms. The van der Waals surface area contributed by atoms with E-state index in [4.69, 9.17) is 0 Å². The van der Waals surface area contributed by atoms with Gasteiger partial charge in [0.05, 0.1) is 18.7 Å². The van der Waals surface area contributed by atoms with Crippen LogP contribution >= 0.6 is 0 Å². The summed E-state index contributed by atoms with van der Waals surface area (Å²) in [6.45, 7) is 0.698. The predicted octanol–water partition coefficient (Wildman–Crippen LogP) is 2.12. The molecule has 3 rings (SSSR count). The number of aromatic nitrogens is 2. The second kappa shape index (κ2) is 8.75. The summed E-state index contributed by atoms with van der Waals surface area (Å²) in [5.41, 5.74) is 1.91. The molecule has 6 nitrogen and oxygen atoms in total. The van der Waals surface area contributed by atoms with Crippen LogP contribution in [-0.2, 0) is 17.9 Å². The number of halogens is 1. The van der Waals surface area contributed by atoms with Crippen LogP contribution in [0.2, 0.25) is 0 Å². The van der Waals surface area contributed by atoms with Crippen molar-refractivity contribution in [1.82, 2.24) is 20.4 Å². The van der Waals surface area contributed by atoms with Gasteiger partial charge in [-0.15, -0.1) is 0 Å². The van der Waals surface area contributed by atoms with Gasteiger partial charge >= 0.3 is 0 Å². The molecule has 3 aromatic rings. The van der Waals surface area contributed by atoms with Gasteiger partial charge in [0.2, 0.25) is 5.91 Å². The number of rotatable bonds is 7. The van der Waals surface area contributed by atoms with Gasteiger partial charge < -0.3 is 10.6 Å². The lowest BCUT2D eigenvalue weighted by Crippen LogP contribution is -2.37. The molecule has 0 atom stereocenters. The molecule has 138 valence electrons. The highest BCUT2D eigenvalue weighted by Gasteiger charge is 2.12. The number of nitrogens with one attached hydrogen (secondary N) is 2. The molecule has 2 amide bonds. The quantitative estimate of drug-likeness (QED) is 0.673. The monoisotopic (exact) mass is 366 g/mol. The van der Waals surface area contributed by atoms with E-state index in [2.05, 4.69) is 15.7 Å². The van der Waals surface area contributed by atoms with Crippen molar-refractivity contribution < 1.29 is 14.0 Å². The number of benzene rings is 2. The molecule has 0 radical (unpaired) electrons. The molecule has 0 aliphatic heterocycles. The van der Waals surface area contributed by atoms with Crippen molar-refractivity contribution >= 4 is 11.8 Å². The van der Waals surface area contributed by atoms with Crippen LogP contribution in [0.3, 0.4) is 0 Å². The molecule has 2 N–H and O–H groups in total. The highest BCUT2D eigenvalue weighted by atomic mass is 19.1. The van der Waals surface area contributed by atoms with Crippen molar-refractivity contribution in [1.29, 1.82) is 0 Å². The highest BCUT2D eigenvalue weighted by Crippen LogP contribution is 2.10. The van der Waals surface area contributed by atoms with E-state index >= 15 is 0 Å². The third kappa shape index (κ3) is 5.01. The van der Waals surface area contributed by atoms with Gasteiger partial charge in [0.25, 0.3) is 5.91 Å². The third-order valence-electron chi connectivity index (χ3n) is 4.01. The molecule has 27 heavy (non-hydrogen) atoms. The van der Waals surface area contributed by atoms with E-state index in [1.807, 2.05) is 36.5 Å². The van der Waals surface area contributed by atoms with Gasteiger partial charge in [0, 0.05) is 18.9 Å². The first-order chi connectivity index (χ1) is 13.1. The number of carbonyl (C=O) groups is 2. The van der Waals surface area contributed by atoms with Crippen LogP contribution < -0.4 is 10.6 Å². The Morgan fingerprint density at radius 2 is 1.70 bits per heavy atom. The second-order valence-electron chi connectivity index (χ2n) is 5.91. The molecule has 1 heterocycles. The Kier molecular flexibility index (Phi) is 5.94. The summed E-state index contributed by atoms with van der Waals surface area (Å²) < 4.78 is 15.4. The van der Waals surface area contributed by atoms with E-state index in [1.165, 1.54) is 18.2 Å². The Hall–Kier alpha value is -3.48. The van der Waals surface area contributed by atoms with Gasteiger partial charge in [0.15, 0.2) is 0 Å². The van der Waals surface area contributed by atoms with Gasteiger partial charge in [0.1, 0.15) is 5.82 Å². The highest BCUT2D eigenvalue weighted by molar-refractivity contribution is 5.96. The predicted molar refractivity (Wildman–Crippen MR) is 98.4 cm³/mol. The van der Waals surface area contributed by atoms with E-state index < -0.39 is 11.7 Å². The molecule has 0 saturated heterocycles. The van der Waals surface area contributed by atoms with Crippen molar-refractivity contribution in [2.24, 2.45) is 0 Å². The Labute approximate surface area is 156 Å². The van der Waals surface area contributed by atoms with Gasteiger partial charge in [-0.3, -0.25) is 14.3 Å². The first kappa shape index (κ1) is 18.3. The van der Waals surface area contributed by atoms with E-state index in [1.54, 1.807) is 16.9 Å². The SMILES string of the molecule is O=C(CNC(=O)c1ccccc1F)NCc1ccccc1Cn1cccn1. The average molecular weight is 366 g/mol. The number of amides is 2. The fourth-order valence-corrected chi connectivity index (χ4v) is 2.61. The fraction of sp³-hybridized carbons (Fsp3) is 0.150. The van der Waals surface area contributed by atoms with Crippen LogP contribution in [-0.4, -0.2) is 28.1 Å². The lowest BCUT2D eigenvalue weighted by molar-refractivity contribution is -0.120. The normalized spacial score (nSPS) is 10.4. The maximum Gasteiger partial charge on any atom is 0.254 e. The summed E-state index contributed by atoms with van der Waals surface area (Å²) in [5, 5.41) is 9.37. The maximum atomic E-state index is 13.6. The largest absolute Gasteiger partial charge is 0.350 e. The van der Waals surface area contributed by atoms with Crippen molar-refractivity contribution in [3.05, 3.63) is 89.5 Å². The average Bonchev–Trinajstić information content (AvgIpc) is 3.19. The van der Waals surface area contributed by atoms with Crippen molar-refractivity contribution in [2.45, 2.75) is 13.1 Å². The second-order valence-corrected chi connectivity index (χ2v) is 5.91. The lowest BCUT2D eigenvalue weighted by atomic mass is 10.1. The van der Waals surface area contributed by atoms with Crippen LogP contribution in [0.25, 0.3) is 0 Å². The number of hydrogen-bond donors (Lipinski definition) is 2. The minimum absolute atomic E-state index is 0.0881. The minimum Gasteiger partial charge on any atom is -0.350 e. The van der Waals surface area contributed by atoms with E-state index in [9.17, 15) is 14.0 Å². The first-order valence-corrected chi connectivity index (χ1v) is 8.47. The summed E-state index contributed by atoms with van der Waals surface area (Å²) in [6.07, 6.45) is 3.58. The topological polar surface area (TPSA) is 76.0 Å². The van der Waals surface area contributed by atoms with Crippen LogP contribution in [0.4, 0.5) is 4.39 Å². The van der Waals surface area contributed by atoms with Crippen LogP contribution in [0.1, 0.15) is 21.5 Å². The van der Waals surface area contributed by atoms with Crippen LogP contribution in [0.5, 0.6) is 0 Å². The zero-order valence-corrected chi connectivity index (χ0v) is 14.6.